The Morgan fingerprint density at radius 2 is 1.70 bits per heavy atom. The fourth-order valence-electron chi connectivity index (χ4n) is 2.65. The molecule has 0 saturated heterocycles. The molecule has 0 aliphatic rings. The fraction of sp³-hybridized carbons (Fsp3) is 0.0952. The predicted molar refractivity (Wildman–Crippen MR) is 108 cm³/mol. The highest BCUT2D eigenvalue weighted by atomic mass is 35.5. The van der Waals surface area contributed by atoms with Gasteiger partial charge >= 0.3 is 0 Å². The number of aromatic nitrogens is 1. The van der Waals surface area contributed by atoms with Gasteiger partial charge in [0.15, 0.2) is 0 Å². The Morgan fingerprint density at radius 1 is 0.963 bits per heavy atom. The number of anilines is 2. The third-order valence-corrected chi connectivity index (χ3v) is 4.25. The monoisotopic (exact) mass is 379 g/mol. The van der Waals surface area contributed by atoms with Crippen LogP contribution in [0.2, 0.25) is 5.02 Å². The fourth-order valence-corrected chi connectivity index (χ4v) is 2.88. The molecular weight excluding hydrogens is 362 g/mol. The Morgan fingerprint density at radius 3 is 2.33 bits per heavy atom. The minimum atomic E-state index is -0.275. The molecule has 0 bridgehead atoms. The number of amides is 2. The summed E-state index contributed by atoms with van der Waals surface area (Å²) in [6.45, 7) is 3.20. The van der Waals surface area contributed by atoms with E-state index in [-0.39, 0.29) is 11.8 Å². The highest BCUT2D eigenvalue weighted by Gasteiger charge is 2.13. The molecule has 0 radical (unpaired) electrons. The molecule has 0 fully saturated rings. The number of hydrogen-bond donors (Lipinski definition) is 2. The van der Waals surface area contributed by atoms with Gasteiger partial charge in [0.2, 0.25) is 5.91 Å². The molecule has 2 N–H and O–H groups in total. The van der Waals surface area contributed by atoms with Gasteiger partial charge in [-0.05, 0) is 37.3 Å². The zero-order valence-corrected chi connectivity index (χ0v) is 15.7. The van der Waals surface area contributed by atoms with Gasteiger partial charge in [-0.3, -0.25) is 14.6 Å². The van der Waals surface area contributed by atoms with Gasteiger partial charge in [0.25, 0.3) is 5.91 Å². The third kappa shape index (κ3) is 4.51. The summed E-state index contributed by atoms with van der Waals surface area (Å²) in [5.74, 6) is -0.489. The number of benzene rings is 2. The first-order valence-corrected chi connectivity index (χ1v) is 8.73. The number of nitrogens with zero attached hydrogens (tertiary/aromatic N) is 1. The summed E-state index contributed by atoms with van der Waals surface area (Å²) in [4.78, 5) is 28.3. The minimum Gasteiger partial charge on any atom is -0.325 e. The van der Waals surface area contributed by atoms with E-state index in [0.29, 0.717) is 27.7 Å². The Kier molecular flexibility index (Phi) is 5.52. The molecule has 1 heterocycles. The van der Waals surface area contributed by atoms with E-state index >= 15 is 0 Å². The highest BCUT2D eigenvalue weighted by molar-refractivity contribution is 6.34. The van der Waals surface area contributed by atoms with Crippen LogP contribution < -0.4 is 10.6 Å². The lowest BCUT2D eigenvalue weighted by Crippen LogP contribution is -2.14. The predicted octanol–water partition coefficient (Wildman–Crippen LogP) is 4.92. The van der Waals surface area contributed by atoms with Gasteiger partial charge in [-0.2, -0.15) is 0 Å². The van der Waals surface area contributed by atoms with Crippen LogP contribution in [0.3, 0.4) is 0 Å². The molecule has 0 saturated carbocycles. The maximum atomic E-state index is 12.6. The van der Waals surface area contributed by atoms with Crippen LogP contribution >= 0.6 is 11.6 Å². The van der Waals surface area contributed by atoms with Gasteiger partial charge in [-0.1, -0.05) is 41.9 Å². The van der Waals surface area contributed by atoms with Crippen molar-refractivity contribution in [3.8, 4) is 11.3 Å². The summed E-state index contributed by atoms with van der Waals surface area (Å²) in [6.07, 6.45) is 0. The molecule has 0 atom stereocenters. The molecule has 0 spiro atoms. The van der Waals surface area contributed by atoms with E-state index in [4.69, 9.17) is 11.6 Å². The molecule has 6 heteroatoms. The first kappa shape index (κ1) is 18.6. The van der Waals surface area contributed by atoms with Crippen LogP contribution in [-0.2, 0) is 4.79 Å². The Bertz CT molecular complexity index is 1000. The summed E-state index contributed by atoms with van der Waals surface area (Å²) >= 11 is 6.14. The number of carbonyl (C=O) groups is 2. The lowest BCUT2D eigenvalue weighted by Gasteiger charge is -2.11. The van der Waals surface area contributed by atoms with Gasteiger partial charge in [0.1, 0.15) is 0 Å². The summed E-state index contributed by atoms with van der Waals surface area (Å²) in [7, 11) is 0. The molecule has 3 aromatic rings. The van der Waals surface area contributed by atoms with Crippen LogP contribution in [0.5, 0.6) is 0 Å². The normalized spacial score (nSPS) is 10.3. The number of carbonyl (C=O) groups excluding carboxylic acids is 2. The standard InChI is InChI=1S/C21H18ClN3O2/c1-13-17(9-11-19(23-13)15-6-4-3-5-7-15)21(27)25-16-8-10-20(18(22)12-16)24-14(2)26/h3-12H,1-2H3,(H,24,26)(H,25,27). The van der Waals surface area contributed by atoms with E-state index in [1.807, 2.05) is 36.4 Å². The van der Waals surface area contributed by atoms with Crippen molar-refractivity contribution in [2.75, 3.05) is 10.6 Å². The van der Waals surface area contributed by atoms with Crippen LogP contribution in [0.1, 0.15) is 23.0 Å². The molecule has 0 aliphatic carbocycles. The van der Waals surface area contributed by atoms with E-state index < -0.39 is 0 Å². The minimum absolute atomic E-state index is 0.214. The molecule has 136 valence electrons. The molecule has 3 rings (SSSR count). The molecule has 2 aromatic carbocycles. The molecule has 0 aliphatic heterocycles. The average Bonchev–Trinajstić information content (AvgIpc) is 2.64. The van der Waals surface area contributed by atoms with E-state index in [1.54, 1.807) is 31.2 Å². The van der Waals surface area contributed by atoms with Crippen molar-refractivity contribution in [1.29, 1.82) is 0 Å². The second-order valence-electron chi connectivity index (χ2n) is 6.03. The van der Waals surface area contributed by atoms with E-state index in [9.17, 15) is 9.59 Å². The van der Waals surface area contributed by atoms with Crippen molar-refractivity contribution in [2.45, 2.75) is 13.8 Å². The third-order valence-electron chi connectivity index (χ3n) is 3.94. The quantitative estimate of drug-likeness (QED) is 0.675. The molecule has 27 heavy (non-hydrogen) atoms. The number of nitrogens with one attached hydrogen (secondary N) is 2. The second-order valence-corrected chi connectivity index (χ2v) is 6.43. The van der Waals surface area contributed by atoms with Crippen LogP contribution in [-0.4, -0.2) is 16.8 Å². The number of aryl methyl sites for hydroxylation is 1. The number of hydrogen-bond acceptors (Lipinski definition) is 3. The first-order chi connectivity index (χ1) is 12.9. The Labute approximate surface area is 162 Å². The Balaban J connectivity index is 1.78. The second kappa shape index (κ2) is 8.01. The van der Waals surface area contributed by atoms with Gasteiger partial charge in [0, 0.05) is 18.2 Å². The van der Waals surface area contributed by atoms with Crippen molar-refractivity contribution < 1.29 is 9.59 Å². The van der Waals surface area contributed by atoms with Crippen molar-refractivity contribution >= 4 is 34.8 Å². The lowest BCUT2D eigenvalue weighted by atomic mass is 10.1. The summed E-state index contributed by atoms with van der Waals surface area (Å²) in [5, 5.41) is 5.77. The average molecular weight is 380 g/mol. The van der Waals surface area contributed by atoms with Crippen LogP contribution in [0.15, 0.2) is 60.7 Å². The van der Waals surface area contributed by atoms with Gasteiger partial charge in [-0.15, -0.1) is 0 Å². The number of pyridine rings is 1. The van der Waals surface area contributed by atoms with Crippen molar-refractivity contribution in [2.24, 2.45) is 0 Å². The van der Waals surface area contributed by atoms with E-state index in [1.165, 1.54) is 6.92 Å². The summed E-state index contributed by atoms with van der Waals surface area (Å²) < 4.78 is 0. The molecule has 2 amide bonds. The molecular formula is C21H18ClN3O2. The van der Waals surface area contributed by atoms with Crippen molar-refractivity contribution in [3.05, 3.63) is 76.9 Å². The van der Waals surface area contributed by atoms with Crippen molar-refractivity contribution in [3.63, 3.8) is 0 Å². The number of rotatable bonds is 4. The SMILES string of the molecule is CC(=O)Nc1ccc(NC(=O)c2ccc(-c3ccccc3)nc2C)cc1Cl. The topological polar surface area (TPSA) is 71.1 Å². The van der Waals surface area contributed by atoms with E-state index in [2.05, 4.69) is 15.6 Å². The maximum absolute atomic E-state index is 12.6. The maximum Gasteiger partial charge on any atom is 0.257 e. The van der Waals surface area contributed by atoms with Crippen molar-refractivity contribution in [1.82, 2.24) is 4.98 Å². The smallest absolute Gasteiger partial charge is 0.257 e. The molecule has 5 nitrogen and oxygen atoms in total. The van der Waals surface area contributed by atoms with Crippen LogP contribution in [0.25, 0.3) is 11.3 Å². The highest BCUT2D eigenvalue weighted by Crippen LogP contribution is 2.26. The lowest BCUT2D eigenvalue weighted by molar-refractivity contribution is -0.114. The van der Waals surface area contributed by atoms with Crippen LogP contribution in [0.4, 0.5) is 11.4 Å². The van der Waals surface area contributed by atoms with Gasteiger partial charge in [0.05, 0.1) is 27.7 Å². The van der Waals surface area contributed by atoms with Crippen LogP contribution in [0, 0.1) is 6.92 Å². The van der Waals surface area contributed by atoms with Gasteiger partial charge < -0.3 is 10.6 Å². The zero-order valence-electron chi connectivity index (χ0n) is 14.9. The summed E-state index contributed by atoms with van der Waals surface area (Å²) in [5.41, 5.74) is 3.95. The molecule has 1 aromatic heterocycles. The molecule has 0 unspecified atom stereocenters. The van der Waals surface area contributed by atoms with E-state index in [0.717, 1.165) is 11.3 Å². The Hall–Kier alpha value is -3.18. The largest absolute Gasteiger partial charge is 0.325 e. The first-order valence-electron chi connectivity index (χ1n) is 8.35. The number of halogens is 1. The van der Waals surface area contributed by atoms with Gasteiger partial charge in [-0.25, -0.2) is 0 Å². The zero-order chi connectivity index (χ0) is 19.4. The summed E-state index contributed by atoms with van der Waals surface area (Å²) in [6, 6.07) is 18.3.